The highest BCUT2D eigenvalue weighted by atomic mass is 16.2. The molecule has 1 saturated heterocycles. The van der Waals surface area contributed by atoms with Gasteiger partial charge in [0.15, 0.2) is 0 Å². The summed E-state index contributed by atoms with van der Waals surface area (Å²) in [4.78, 5) is 26.0. The molecular weight excluding hydrogens is 266 g/mol. The van der Waals surface area contributed by atoms with E-state index in [2.05, 4.69) is 0 Å². The maximum Gasteiger partial charge on any atom is 0.238 e. The molecule has 0 saturated carbocycles. The third kappa shape index (κ3) is 1.91. The Balaban J connectivity index is 2.02. The number of fused-ring (bicyclic) bond motifs is 1. The maximum absolute atomic E-state index is 12.4. The quantitative estimate of drug-likeness (QED) is 0.579. The smallest absolute Gasteiger partial charge is 0.238 e. The molecular formula is C16H11N3O2. The molecule has 1 fully saturated rings. The Bertz CT molecular complexity index is 726. The Labute approximate surface area is 121 Å². The predicted molar refractivity (Wildman–Crippen MR) is 73.7 cm³/mol. The topological polar surface area (TPSA) is 85.0 Å². The number of benzene rings is 1. The normalized spacial score (nSPS) is 23.6. The van der Waals surface area contributed by atoms with E-state index < -0.39 is 0 Å². The van der Waals surface area contributed by atoms with Gasteiger partial charge in [0, 0.05) is 0 Å². The van der Waals surface area contributed by atoms with Crippen molar-refractivity contribution in [1.29, 1.82) is 10.5 Å². The summed E-state index contributed by atoms with van der Waals surface area (Å²) in [6.45, 7) is 0. The van der Waals surface area contributed by atoms with Crippen LogP contribution in [0.15, 0.2) is 30.4 Å². The van der Waals surface area contributed by atoms with Crippen molar-refractivity contribution >= 4 is 17.5 Å². The number of nitriles is 2. The molecule has 1 aromatic rings. The molecule has 3 rings (SSSR count). The number of imide groups is 1. The highest BCUT2D eigenvalue weighted by Gasteiger charge is 2.47. The van der Waals surface area contributed by atoms with Crippen LogP contribution in [0, 0.1) is 34.5 Å². The summed E-state index contributed by atoms with van der Waals surface area (Å²) in [5.74, 6) is -1.04. The molecule has 5 heteroatoms. The minimum Gasteiger partial charge on any atom is -0.274 e. The van der Waals surface area contributed by atoms with Gasteiger partial charge in [-0.15, -0.1) is 0 Å². The Kier molecular flexibility index (Phi) is 3.04. The zero-order valence-corrected chi connectivity index (χ0v) is 11.1. The van der Waals surface area contributed by atoms with Gasteiger partial charge in [-0.1, -0.05) is 12.2 Å². The van der Waals surface area contributed by atoms with Crippen molar-refractivity contribution in [1.82, 2.24) is 0 Å². The Morgan fingerprint density at radius 1 is 0.952 bits per heavy atom. The molecule has 0 spiro atoms. The number of anilines is 1. The van der Waals surface area contributed by atoms with Crippen LogP contribution in [0.3, 0.4) is 0 Å². The first-order chi connectivity index (χ1) is 10.2. The van der Waals surface area contributed by atoms with E-state index in [-0.39, 0.29) is 34.8 Å². The Morgan fingerprint density at radius 3 is 2.05 bits per heavy atom. The fourth-order valence-corrected chi connectivity index (χ4v) is 2.92. The third-order valence-corrected chi connectivity index (χ3v) is 4.01. The van der Waals surface area contributed by atoms with Gasteiger partial charge in [-0.2, -0.15) is 10.5 Å². The molecule has 2 atom stereocenters. The zero-order chi connectivity index (χ0) is 15.0. The van der Waals surface area contributed by atoms with Crippen molar-refractivity contribution in [2.75, 3.05) is 4.90 Å². The Hall–Kier alpha value is -2.92. The van der Waals surface area contributed by atoms with Gasteiger partial charge in [-0.05, 0) is 31.0 Å². The minimum atomic E-state index is -0.302. The van der Waals surface area contributed by atoms with Crippen molar-refractivity contribution in [2.24, 2.45) is 11.8 Å². The van der Waals surface area contributed by atoms with Crippen molar-refractivity contribution < 1.29 is 9.59 Å². The molecule has 102 valence electrons. The van der Waals surface area contributed by atoms with Crippen molar-refractivity contribution in [3.63, 3.8) is 0 Å². The summed E-state index contributed by atoms with van der Waals surface area (Å²) in [6.07, 6.45) is 5.00. The lowest BCUT2D eigenvalue weighted by Gasteiger charge is -2.15. The second-order valence-electron chi connectivity index (χ2n) is 5.12. The predicted octanol–water partition coefficient (Wildman–Crippen LogP) is 1.89. The fourth-order valence-electron chi connectivity index (χ4n) is 2.92. The summed E-state index contributed by atoms with van der Waals surface area (Å²) in [7, 11) is 0. The number of carbonyl (C=O) groups excluding carboxylic acids is 2. The maximum atomic E-state index is 12.4. The fraction of sp³-hybridized carbons (Fsp3) is 0.250. The summed E-state index contributed by atoms with van der Waals surface area (Å²) in [5.41, 5.74) is 0.776. The van der Waals surface area contributed by atoms with E-state index in [4.69, 9.17) is 10.5 Å². The summed E-state index contributed by atoms with van der Waals surface area (Å²) in [6, 6.07) is 8.27. The molecule has 1 aliphatic carbocycles. The number of amides is 2. The van der Waals surface area contributed by atoms with Gasteiger partial charge < -0.3 is 0 Å². The molecule has 1 aliphatic heterocycles. The van der Waals surface area contributed by atoms with Crippen molar-refractivity contribution in [3.8, 4) is 12.1 Å². The van der Waals surface area contributed by atoms with Crippen LogP contribution in [0.25, 0.3) is 0 Å². The molecule has 0 bridgehead atoms. The van der Waals surface area contributed by atoms with Crippen LogP contribution in [-0.2, 0) is 9.59 Å². The lowest BCUT2D eigenvalue weighted by molar-refractivity contribution is -0.122. The van der Waals surface area contributed by atoms with Gasteiger partial charge in [0.1, 0.15) is 12.1 Å². The van der Waals surface area contributed by atoms with E-state index in [1.165, 1.54) is 12.1 Å². The Morgan fingerprint density at radius 2 is 1.52 bits per heavy atom. The van der Waals surface area contributed by atoms with E-state index in [1.54, 1.807) is 6.07 Å². The largest absolute Gasteiger partial charge is 0.274 e. The molecule has 1 heterocycles. The minimum absolute atomic E-state index is 0.170. The van der Waals surface area contributed by atoms with Gasteiger partial charge >= 0.3 is 0 Å². The number of hydrogen-bond donors (Lipinski definition) is 0. The zero-order valence-electron chi connectivity index (χ0n) is 11.1. The van der Waals surface area contributed by atoms with Crippen LogP contribution in [0.4, 0.5) is 5.69 Å². The molecule has 21 heavy (non-hydrogen) atoms. The number of carbonyl (C=O) groups is 2. The summed E-state index contributed by atoms with van der Waals surface area (Å²) in [5, 5.41) is 18.0. The van der Waals surface area contributed by atoms with Gasteiger partial charge in [0.25, 0.3) is 0 Å². The first-order valence-electron chi connectivity index (χ1n) is 6.64. The molecule has 1 aromatic carbocycles. The monoisotopic (exact) mass is 277 g/mol. The summed E-state index contributed by atoms with van der Waals surface area (Å²) >= 11 is 0. The molecule has 0 radical (unpaired) electrons. The number of hydrogen-bond acceptors (Lipinski definition) is 4. The second-order valence-corrected chi connectivity index (χ2v) is 5.12. The highest BCUT2D eigenvalue weighted by molar-refractivity contribution is 6.22. The molecule has 0 aromatic heterocycles. The molecule has 5 nitrogen and oxygen atoms in total. The first kappa shape index (κ1) is 13.1. The number of rotatable bonds is 1. The highest BCUT2D eigenvalue weighted by Crippen LogP contribution is 2.37. The van der Waals surface area contributed by atoms with Crippen LogP contribution in [0.2, 0.25) is 0 Å². The van der Waals surface area contributed by atoms with Gasteiger partial charge in [0.05, 0.1) is 28.7 Å². The average molecular weight is 277 g/mol. The van der Waals surface area contributed by atoms with Gasteiger partial charge in [0.2, 0.25) is 11.8 Å². The lowest BCUT2D eigenvalue weighted by atomic mass is 9.85. The van der Waals surface area contributed by atoms with Crippen LogP contribution < -0.4 is 4.90 Å². The molecule has 0 N–H and O–H groups in total. The van der Waals surface area contributed by atoms with E-state index in [0.717, 1.165) is 4.90 Å². The number of nitrogens with zero attached hydrogens (tertiary/aromatic N) is 3. The molecule has 2 amide bonds. The number of allylic oxidation sites excluding steroid dienone is 2. The van der Waals surface area contributed by atoms with Crippen LogP contribution in [0.1, 0.15) is 24.0 Å². The molecule has 2 aliphatic rings. The summed E-state index contributed by atoms with van der Waals surface area (Å²) < 4.78 is 0. The van der Waals surface area contributed by atoms with Crippen LogP contribution >= 0.6 is 0 Å². The van der Waals surface area contributed by atoms with Crippen molar-refractivity contribution in [2.45, 2.75) is 12.8 Å². The van der Waals surface area contributed by atoms with Gasteiger partial charge in [-0.25, -0.2) is 4.90 Å². The van der Waals surface area contributed by atoms with E-state index in [9.17, 15) is 9.59 Å². The van der Waals surface area contributed by atoms with Crippen LogP contribution in [0.5, 0.6) is 0 Å². The van der Waals surface area contributed by atoms with Crippen LogP contribution in [-0.4, -0.2) is 11.8 Å². The van der Waals surface area contributed by atoms with E-state index in [0.29, 0.717) is 18.5 Å². The average Bonchev–Trinajstić information content (AvgIpc) is 2.78. The lowest BCUT2D eigenvalue weighted by Crippen LogP contribution is -2.30. The SMILES string of the molecule is N#Cc1ccc(N2C(=O)[C@H]3CC=CC[C@H]3C2=O)cc1C#N. The first-order valence-corrected chi connectivity index (χ1v) is 6.64. The standard InChI is InChI=1S/C16H11N3O2/c17-8-10-5-6-12(7-11(10)9-18)19-15(20)13-3-1-2-4-14(13)16(19)21/h1-2,5-7,13-14H,3-4H2/t13-,14+. The van der Waals surface area contributed by atoms with Crippen molar-refractivity contribution in [3.05, 3.63) is 41.5 Å². The van der Waals surface area contributed by atoms with E-state index >= 15 is 0 Å². The van der Waals surface area contributed by atoms with Gasteiger partial charge in [-0.3, -0.25) is 9.59 Å². The molecule has 0 unspecified atom stereocenters. The van der Waals surface area contributed by atoms with E-state index in [1.807, 2.05) is 24.3 Å². The third-order valence-electron chi connectivity index (χ3n) is 4.01. The second kappa shape index (κ2) is 4.88.